The van der Waals surface area contributed by atoms with Crippen molar-refractivity contribution in [3.63, 3.8) is 0 Å². The Balaban J connectivity index is 1.82. The molecule has 0 aliphatic heterocycles. The van der Waals surface area contributed by atoms with E-state index in [1.54, 1.807) is 18.9 Å². The Labute approximate surface area is 136 Å². The average Bonchev–Trinajstić information content (AvgIpc) is 2.52. The Morgan fingerprint density at radius 2 is 2.00 bits per heavy atom. The highest BCUT2D eigenvalue weighted by Gasteiger charge is 2.05. The summed E-state index contributed by atoms with van der Waals surface area (Å²) < 4.78 is 5.17. The van der Waals surface area contributed by atoms with Crippen LogP contribution in [0.5, 0.6) is 5.75 Å². The molecule has 0 aliphatic rings. The van der Waals surface area contributed by atoms with Crippen LogP contribution in [0.15, 0.2) is 47.4 Å². The maximum atomic E-state index is 12.0. The van der Waals surface area contributed by atoms with E-state index in [1.165, 1.54) is 11.1 Å². The number of hydrogen-bond acceptors (Lipinski definition) is 3. The van der Waals surface area contributed by atoms with Crippen LogP contribution in [-0.2, 0) is 11.3 Å². The van der Waals surface area contributed by atoms with Crippen molar-refractivity contribution in [3.8, 4) is 5.75 Å². The van der Waals surface area contributed by atoms with Gasteiger partial charge in [0.25, 0.3) is 0 Å². The Morgan fingerprint density at radius 3 is 2.73 bits per heavy atom. The smallest absolute Gasteiger partial charge is 0.230 e. The zero-order chi connectivity index (χ0) is 15.9. The molecule has 0 atom stereocenters. The number of benzene rings is 2. The Kier molecular flexibility index (Phi) is 5.90. The first-order valence-corrected chi connectivity index (χ1v) is 8.16. The summed E-state index contributed by atoms with van der Waals surface area (Å²) in [6.07, 6.45) is 0. The quantitative estimate of drug-likeness (QED) is 0.826. The van der Waals surface area contributed by atoms with Gasteiger partial charge >= 0.3 is 0 Å². The molecule has 0 unspecified atom stereocenters. The third kappa shape index (κ3) is 4.81. The minimum atomic E-state index is 0.0350. The van der Waals surface area contributed by atoms with Gasteiger partial charge in [0.15, 0.2) is 0 Å². The summed E-state index contributed by atoms with van der Waals surface area (Å²) in [5.74, 6) is 1.26. The minimum Gasteiger partial charge on any atom is -0.497 e. The fraction of sp³-hybridized carbons (Fsp3) is 0.278. The molecular weight excluding hydrogens is 294 g/mol. The number of rotatable bonds is 6. The second-order valence-electron chi connectivity index (χ2n) is 5.19. The van der Waals surface area contributed by atoms with Crippen molar-refractivity contribution in [1.82, 2.24) is 5.32 Å². The number of aryl methyl sites for hydroxylation is 2. The average molecular weight is 315 g/mol. The van der Waals surface area contributed by atoms with Crippen molar-refractivity contribution in [3.05, 3.63) is 59.2 Å². The summed E-state index contributed by atoms with van der Waals surface area (Å²) in [5, 5.41) is 2.94. The van der Waals surface area contributed by atoms with E-state index >= 15 is 0 Å². The fourth-order valence-corrected chi connectivity index (χ4v) is 2.98. The first-order valence-electron chi connectivity index (χ1n) is 7.18. The molecule has 0 heterocycles. The second kappa shape index (κ2) is 7.90. The van der Waals surface area contributed by atoms with E-state index in [0.29, 0.717) is 12.3 Å². The number of ether oxygens (including phenoxy) is 1. The van der Waals surface area contributed by atoms with Crippen molar-refractivity contribution in [2.45, 2.75) is 25.3 Å². The third-order valence-electron chi connectivity index (χ3n) is 3.31. The molecule has 1 amide bonds. The maximum absolute atomic E-state index is 12.0. The Hall–Kier alpha value is -1.94. The Morgan fingerprint density at radius 1 is 1.18 bits per heavy atom. The molecule has 2 aromatic carbocycles. The zero-order valence-electron chi connectivity index (χ0n) is 13.2. The molecule has 0 radical (unpaired) electrons. The molecule has 0 spiro atoms. The summed E-state index contributed by atoms with van der Waals surface area (Å²) in [4.78, 5) is 13.1. The monoisotopic (exact) mass is 315 g/mol. The van der Waals surface area contributed by atoms with Gasteiger partial charge in [-0.2, -0.15) is 0 Å². The van der Waals surface area contributed by atoms with Crippen LogP contribution in [-0.4, -0.2) is 18.8 Å². The predicted octanol–water partition coefficient (Wildman–Crippen LogP) is 3.72. The van der Waals surface area contributed by atoms with Gasteiger partial charge in [-0.25, -0.2) is 0 Å². The lowest BCUT2D eigenvalue weighted by Gasteiger charge is -2.08. The number of amides is 1. The van der Waals surface area contributed by atoms with Crippen LogP contribution < -0.4 is 10.1 Å². The van der Waals surface area contributed by atoms with Gasteiger partial charge in [-0.15, -0.1) is 11.8 Å². The molecule has 2 aromatic rings. The highest BCUT2D eigenvalue weighted by Crippen LogP contribution is 2.22. The molecule has 0 bridgehead atoms. The van der Waals surface area contributed by atoms with Crippen LogP contribution in [0.3, 0.4) is 0 Å². The van der Waals surface area contributed by atoms with Gasteiger partial charge in [0, 0.05) is 11.4 Å². The van der Waals surface area contributed by atoms with Gasteiger partial charge in [-0.05, 0) is 43.2 Å². The molecule has 3 nitrogen and oxygen atoms in total. The van der Waals surface area contributed by atoms with Gasteiger partial charge in [-0.1, -0.05) is 29.8 Å². The molecule has 0 aromatic heterocycles. The van der Waals surface area contributed by atoms with Crippen LogP contribution in [0.25, 0.3) is 0 Å². The van der Waals surface area contributed by atoms with E-state index in [1.807, 2.05) is 24.3 Å². The van der Waals surface area contributed by atoms with Crippen molar-refractivity contribution in [2.24, 2.45) is 0 Å². The van der Waals surface area contributed by atoms with Gasteiger partial charge in [0.2, 0.25) is 5.91 Å². The van der Waals surface area contributed by atoms with Crippen LogP contribution in [0.1, 0.15) is 16.7 Å². The summed E-state index contributed by atoms with van der Waals surface area (Å²) in [6, 6.07) is 14.0. The van der Waals surface area contributed by atoms with Crippen LogP contribution >= 0.6 is 11.8 Å². The molecule has 0 saturated heterocycles. The maximum Gasteiger partial charge on any atom is 0.230 e. The molecule has 116 valence electrons. The molecule has 0 saturated carbocycles. The largest absolute Gasteiger partial charge is 0.497 e. The molecule has 2 rings (SSSR count). The van der Waals surface area contributed by atoms with Crippen molar-refractivity contribution in [1.29, 1.82) is 0 Å². The van der Waals surface area contributed by atoms with Crippen molar-refractivity contribution >= 4 is 17.7 Å². The van der Waals surface area contributed by atoms with Gasteiger partial charge in [0.1, 0.15) is 5.75 Å². The molecular formula is C18H21NO2S. The number of methoxy groups -OCH3 is 1. The van der Waals surface area contributed by atoms with E-state index in [-0.39, 0.29) is 5.91 Å². The highest BCUT2D eigenvalue weighted by molar-refractivity contribution is 8.00. The van der Waals surface area contributed by atoms with E-state index in [4.69, 9.17) is 4.74 Å². The molecule has 4 heteroatoms. The summed E-state index contributed by atoms with van der Waals surface area (Å²) in [6.45, 7) is 4.66. The lowest BCUT2D eigenvalue weighted by atomic mass is 10.2. The highest BCUT2D eigenvalue weighted by atomic mass is 32.2. The number of thioether (sulfide) groups is 1. The number of carbonyl (C=O) groups is 1. The number of nitrogens with one attached hydrogen (secondary N) is 1. The minimum absolute atomic E-state index is 0.0350. The predicted molar refractivity (Wildman–Crippen MR) is 91.5 cm³/mol. The van der Waals surface area contributed by atoms with Crippen LogP contribution in [0.2, 0.25) is 0 Å². The fourth-order valence-electron chi connectivity index (χ4n) is 2.14. The Bertz CT molecular complexity index is 655. The van der Waals surface area contributed by atoms with E-state index in [2.05, 4.69) is 37.4 Å². The number of carbonyl (C=O) groups excluding carboxylic acids is 1. The standard InChI is InChI=1S/C18H21NO2S/c1-13-7-8-17(14(2)9-13)22-12-18(20)19-11-15-5-4-6-16(10-15)21-3/h4-10H,11-12H2,1-3H3,(H,19,20). The first-order chi connectivity index (χ1) is 10.6. The van der Waals surface area contributed by atoms with E-state index < -0.39 is 0 Å². The normalized spacial score (nSPS) is 10.3. The van der Waals surface area contributed by atoms with Crippen LogP contribution in [0, 0.1) is 13.8 Å². The number of hydrogen-bond donors (Lipinski definition) is 1. The topological polar surface area (TPSA) is 38.3 Å². The molecule has 0 aliphatic carbocycles. The second-order valence-corrected chi connectivity index (χ2v) is 6.20. The first kappa shape index (κ1) is 16.4. The summed E-state index contributed by atoms with van der Waals surface area (Å²) >= 11 is 1.57. The lowest BCUT2D eigenvalue weighted by Crippen LogP contribution is -2.24. The van der Waals surface area contributed by atoms with Crippen molar-refractivity contribution in [2.75, 3.05) is 12.9 Å². The summed E-state index contributed by atoms with van der Waals surface area (Å²) in [7, 11) is 1.64. The van der Waals surface area contributed by atoms with Crippen molar-refractivity contribution < 1.29 is 9.53 Å². The third-order valence-corrected chi connectivity index (χ3v) is 4.49. The molecule has 0 fully saturated rings. The van der Waals surface area contributed by atoms with Gasteiger partial charge < -0.3 is 10.1 Å². The lowest BCUT2D eigenvalue weighted by molar-refractivity contribution is -0.118. The van der Waals surface area contributed by atoms with Crippen LogP contribution in [0.4, 0.5) is 0 Å². The molecule has 1 N–H and O–H groups in total. The molecule has 22 heavy (non-hydrogen) atoms. The van der Waals surface area contributed by atoms with Gasteiger partial charge in [-0.3, -0.25) is 4.79 Å². The van der Waals surface area contributed by atoms with E-state index in [0.717, 1.165) is 16.2 Å². The van der Waals surface area contributed by atoms with E-state index in [9.17, 15) is 4.79 Å². The summed E-state index contributed by atoms with van der Waals surface area (Å²) in [5.41, 5.74) is 3.49. The zero-order valence-corrected chi connectivity index (χ0v) is 14.0. The SMILES string of the molecule is COc1cccc(CNC(=O)CSc2ccc(C)cc2C)c1. The van der Waals surface area contributed by atoms with Gasteiger partial charge in [0.05, 0.1) is 12.9 Å².